The number of carbonyl (C=O) groups excluding carboxylic acids is 1. The summed E-state index contributed by atoms with van der Waals surface area (Å²) in [5, 5.41) is 1.04. The highest BCUT2D eigenvalue weighted by Gasteiger charge is 2.21. The smallest absolute Gasteiger partial charge is 0.219 e. The van der Waals surface area contributed by atoms with Gasteiger partial charge < -0.3 is 9.80 Å². The fourth-order valence-electron chi connectivity index (χ4n) is 2.52. The van der Waals surface area contributed by atoms with Gasteiger partial charge in [0.1, 0.15) is 12.1 Å². The lowest BCUT2D eigenvalue weighted by Crippen LogP contribution is -2.48. The Balaban J connectivity index is 1.92. The summed E-state index contributed by atoms with van der Waals surface area (Å²) in [6.07, 6.45) is 1.60. The first kappa shape index (κ1) is 13.3. The lowest BCUT2D eigenvalue weighted by molar-refractivity contribution is -0.129. The van der Waals surface area contributed by atoms with Gasteiger partial charge in [-0.05, 0) is 28.1 Å². The lowest BCUT2D eigenvalue weighted by Gasteiger charge is -2.35. The predicted molar refractivity (Wildman–Crippen MR) is 81.7 cm³/mol. The molecule has 0 unspecified atom stereocenters. The third kappa shape index (κ3) is 2.35. The molecule has 0 bridgehead atoms. The second-order valence-corrected chi connectivity index (χ2v) is 5.68. The Morgan fingerprint density at radius 2 is 1.95 bits per heavy atom. The molecule has 1 saturated heterocycles. The number of piperazine rings is 1. The Morgan fingerprint density at radius 1 is 1.20 bits per heavy atom. The molecule has 1 aromatic heterocycles. The van der Waals surface area contributed by atoms with Crippen LogP contribution in [0.25, 0.3) is 10.9 Å². The first-order chi connectivity index (χ1) is 9.66. The number of hydrogen-bond acceptors (Lipinski definition) is 4. The number of para-hydroxylation sites is 1. The standard InChI is InChI=1S/C14H15BrN4O/c1-10(20)18-5-7-19(8-6-18)14-11-3-2-4-12(15)13(11)16-9-17-14/h2-4,9H,5-8H2,1H3. The number of benzene rings is 1. The Hall–Kier alpha value is -1.69. The summed E-state index contributed by atoms with van der Waals surface area (Å²) in [5.74, 6) is 1.08. The normalized spacial score (nSPS) is 15.7. The van der Waals surface area contributed by atoms with Crippen LogP contribution in [-0.4, -0.2) is 47.0 Å². The average Bonchev–Trinajstić information content (AvgIpc) is 2.47. The van der Waals surface area contributed by atoms with Gasteiger partial charge in [0, 0.05) is 43.0 Å². The molecule has 104 valence electrons. The van der Waals surface area contributed by atoms with E-state index < -0.39 is 0 Å². The molecule has 1 aromatic carbocycles. The molecule has 20 heavy (non-hydrogen) atoms. The van der Waals surface area contributed by atoms with E-state index in [1.165, 1.54) is 0 Å². The Bertz CT molecular complexity index is 653. The third-order valence-electron chi connectivity index (χ3n) is 3.62. The Labute approximate surface area is 125 Å². The summed E-state index contributed by atoms with van der Waals surface area (Å²) in [5.41, 5.74) is 0.923. The third-order valence-corrected chi connectivity index (χ3v) is 4.26. The Morgan fingerprint density at radius 3 is 2.65 bits per heavy atom. The molecule has 6 heteroatoms. The largest absolute Gasteiger partial charge is 0.352 e. The van der Waals surface area contributed by atoms with Gasteiger partial charge in [-0.2, -0.15) is 0 Å². The van der Waals surface area contributed by atoms with Crippen molar-refractivity contribution < 1.29 is 4.79 Å². The van der Waals surface area contributed by atoms with E-state index in [1.807, 2.05) is 23.1 Å². The van der Waals surface area contributed by atoms with Gasteiger partial charge >= 0.3 is 0 Å². The van der Waals surface area contributed by atoms with E-state index in [1.54, 1.807) is 13.3 Å². The van der Waals surface area contributed by atoms with E-state index >= 15 is 0 Å². The van der Waals surface area contributed by atoms with Crippen LogP contribution in [0, 0.1) is 0 Å². The van der Waals surface area contributed by atoms with Crippen molar-refractivity contribution in [3.8, 4) is 0 Å². The zero-order chi connectivity index (χ0) is 14.1. The van der Waals surface area contributed by atoms with E-state index in [4.69, 9.17) is 0 Å². The number of aromatic nitrogens is 2. The fraction of sp³-hybridized carbons (Fsp3) is 0.357. The maximum absolute atomic E-state index is 11.4. The van der Waals surface area contributed by atoms with Crippen LogP contribution >= 0.6 is 15.9 Å². The van der Waals surface area contributed by atoms with Crippen LogP contribution < -0.4 is 4.90 Å². The van der Waals surface area contributed by atoms with Crippen LogP contribution in [-0.2, 0) is 4.79 Å². The number of fused-ring (bicyclic) bond motifs is 1. The van der Waals surface area contributed by atoms with Gasteiger partial charge in [0.2, 0.25) is 5.91 Å². The summed E-state index contributed by atoms with van der Waals surface area (Å²) < 4.78 is 0.973. The first-order valence-electron chi connectivity index (χ1n) is 6.56. The summed E-state index contributed by atoms with van der Waals surface area (Å²) in [7, 11) is 0. The van der Waals surface area contributed by atoms with Gasteiger partial charge in [-0.1, -0.05) is 6.07 Å². The van der Waals surface area contributed by atoms with Crippen LogP contribution in [0.5, 0.6) is 0 Å². The number of anilines is 1. The first-order valence-corrected chi connectivity index (χ1v) is 7.36. The van der Waals surface area contributed by atoms with Crippen molar-refractivity contribution in [3.63, 3.8) is 0 Å². The van der Waals surface area contributed by atoms with Crippen molar-refractivity contribution in [1.29, 1.82) is 0 Å². The summed E-state index contributed by atoms with van der Waals surface area (Å²) >= 11 is 3.52. The van der Waals surface area contributed by atoms with Gasteiger partial charge in [0.15, 0.2) is 0 Å². The maximum atomic E-state index is 11.4. The van der Waals surface area contributed by atoms with Crippen LogP contribution in [0.1, 0.15) is 6.92 Å². The topological polar surface area (TPSA) is 49.3 Å². The fourth-order valence-corrected chi connectivity index (χ4v) is 2.99. The summed E-state index contributed by atoms with van der Waals surface area (Å²) in [6.45, 7) is 4.72. The van der Waals surface area contributed by atoms with Crippen molar-refractivity contribution >= 4 is 38.6 Å². The molecule has 1 fully saturated rings. The lowest BCUT2D eigenvalue weighted by atomic mass is 10.2. The van der Waals surface area contributed by atoms with E-state index in [9.17, 15) is 4.79 Å². The minimum atomic E-state index is 0.139. The SMILES string of the molecule is CC(=O)N1CCN(c2ncnc3c(Br)cccc23)CC1. The molecule has 1 aliphatic rings. The number of nitrogens with zero attached hydrogens (tertiary/aromatic N) is 4. The molecule has 0 atom stereocenters. The molecule has 1 aliphatic heterocycles. The van der Waals surface area contributed by atoms with E-state index in [0.29, 0.717) is 0 Å². The number of amides is 1. The molecular formula is C14H15BrN4O. The van der Waals surface area contributed by atoms with Crippen molar-refractivity contribution in [1.82, 2.24) is 14.9 Å². The highest BCUT2D eigenvalue weighted by atomic mass is 79.9. The van der Waals surface area contributed by atoms with Crippen LogP contribution in [0.3, 0.4) is 0 Å². The quantitative estimate of drug-likeness (QED) is 0.801. The predicted octanol–water partition coefficient (Wildman–Crippen LogP) is 2.06. The second kappa shape index (κ2) is 5.36. The number of hydrogen-bond donors (Lipinski definition) is 0. The zero-order valence-electron chi connectivity index (χ0n) is 11.2. The summed E-state index contributed by atoms with van der Waals surface area (Å²) in [6, 6.07) is 6.00. The highest BCUT2D eigenvalue weighted by Crippen LogP contribution is 2.28. The van der Waals surface area contributed by atoms with Crippen LogP contribution in [0.15, 0.2) is 29.0 Å². The average molecular weight is 335 g/mol. The van der Waals surface area contributed by atoms with Crippen molar-refractivity contribution in [2.75, 3.05) is 31.1 Å². The van der Waals surface area contributed by atoms with Crippen LogP contribution in [0.2, 0.25) is 0 Å². The molecule has 5 nitrogen and oxygen atoms in total. The van der Waals surface area contributed by atoms with Gasteiger partial charge in [-0.3, -0.25) is 4.79 Å². The van der Waals surface area contributed by atoms with Crippen LogP contribution in [0.4, 0.5) is 5.82 Å². The zero-order valence-corrected chi connectivity index (χ0v) is 12.8. The molecule has 0 aliphatic carbocycles. The number of halogens is 1. The molecule has 0 N–H and O–H groups in total. The van der Waals surface area contributed by atoms with Gasteiger partial charge in [0.05, 0.1) is 5.52 Å². The molecule has 3 rings (SSSR count). The molecule has 2 heterocycles. The van der Waals surface area contributed by atoms with E-state index in [-0.39, 0.29) is 5.91 Å². The van der Waals surface area contributed by atoms with Crippen molar-refractivity contribution in [2.45, 2.75) is 6.92 Å². The maximum Gasteiger partial charge on any atom is 0.219 e. The number of carbonyl (C=O) groups is 1. The molecular weight excluding hydrogens is 320 g/mol. The molecule has 0 spiro atoms. The number of rotatable bonds is 1. The van der Waals surface area contributed by atoms with Gasteiger partial charge in [-0.25, -0.2) is 9.97 Å². The monoisotopic (exact) mass is 334 g/mol. The molecule has 1 amide bonds. The molecule has 2 aromatic rings. The minimum Gasteiger partial charge on any atom is -0.352 e. The summed E-state index contributed by atoms with van der Waals surface area (Å²) in [4.78, 5) is 24.2. The highest BCUT2D eigenvalue weighted by molar-refractivity contribution is 9.10. The second-order valence-electron chi connectivity index (χ2n) is 4.83. The van der Waals surface area contributed by atoms with Gasteiger partial charge in [-0.15, -0.1) is 0 Å². The Kier molecular flexibility index (Phi) is 3.56. The minimum absolute atomic E-state index is 0.139. The van der Waals surface area contributed by atoms with Gasteiger partial charge in [0.25, 0.3) is 0 Å². The van der Waals surface area contributed by atoms with E-state index in [2.05, 4.69) is 30.8 Å². The molecule has 0 radical (unpaired) electrons. The van der Waals surface area contributed by atoms with Crippen molar-refractivity contribution in [2.24, 2.45) is 0 Å². The molecule has 0 saturated carbocycles. The van der Waals surface area contributed by atoms with Crippen molar-refractivity contribution in [3.05, 3.63) is 29.0 Å². The van der Waals surface area contributed by atoms with E-state index in [0.717, 1.165) is 47.4 Å².